The monoisotopic (exact) mass is 235 g/mol. The first-order chi connectivity index (χ1) is 7.59. The Morgan fingerprint density at radius 2 is 2.06 bits per heavy atom. The molecule has 0 saturated carbocycles. The summed E-state index contributed by atoms with van der Waals surface area (Å²) in [6, 6.07) is 7.77. The number of carbonyl (C=O) groups excluding carboxylic acids is 1. The average Bonchev–Trinajstić information content (AvgIpc) is 2.56. The largest absolute Gasteiger partial charge is 0.345 e. The van der Waals surface area contributed by atoms with Gasteiger partial charge >= 0.3 is 6.03 Å². The highest BCUT2D eigenvalue weighted by atomic mass is 32.1. The fraction of sp³-hybridized carbons (Fsp3) is 0.273. The maximum absolute atomic E-state index is 11.5. The van der Waals surface area contributed by atoms with Gasteiger partial charge in [-0.05, 0) is 12.1 Å². The van der Waals surface area contributed by atoms with Gasteiger partial charge in [-0.15, -0.1) is 0 Å². The van der Waals surface area contributed by atoms with E-state index in [0.29, 0.717) is 0 Å². The molecule has 2 amide bonds. The number of urea groups is 1. The molecule has 2 rings (SSSR count). The number of nitrogens with zero attached hydrogens (tertiary/aromatic N) is 3. The minimum Gasteiger partial charge on any atom is -0.329 e. The molecule has 84 valence electrons. The van der Waals surface area contributed by atoms with Gasteiger partial charge in [-0.3, -0.25) is 0 Å². The zero-order valence-corrected chi connectivity index (χ0v) is 10.3. The Morgan fingerprint density at radius 3 is 2.69 bits per heavy atom. The fourth-order valence-electron chi connectivity index (χ4n) is 1.37. The van der Waals surface area contributed by atoms with Gasteiger partial charge in [0.2, 0.25) is 0 Å². The molecule has 0 unspecified atom stereocenters. The fourth-order valence-corrected chi connectivity index (χ4v) is 2.38. The SMILES string of the molecule is CN(C)C(=O)/N=c1\sc2ccccc2n1C. The van der Waals surface area contributed by atoms with Gasteiger partial charge in [-0.2, -0.15) is 4.99 Å². The number of aromatic nitrogens is 1. The summed E-state index contributed by atoms with van der Waals surface area (Å²) in [5, 5.41) is 0. The summed E-state index contributed by atoms with van der Waals surface area (Å²) < 4.78 is 3.07. The van der Waals surface area contributed by atoms with Crippen molar-refractivity contribution in [3.63, 3.8) is 0 Å². The van der Waals surface area contributed by atoms with Crippen LogP contribution in [0.3, 0.4) is 0 Å². The molecule has 0 aliphatic carbocycles. The summed E-state index contributed by atoms with van der Waals surface area (Å²) in [5.74, 6) is 0. The van der Waals surface area contributed by atoms with E-state index in [1.165, 1.54) is 16.2 Å². The van der Waals surface area contributed by atoms with Crippen LogP contribution in [-0.4, -0.2) is 29.6 Å². The second kappa shape index (κ2) is 4.09. The highest BCUT2D eigenvalue weighted by Gasteiger charge is 2.04. The topological polar surface area (TPSA) is 37.6 Å². The van der Waals surface area contributed by atoms with Gasteiger partial charge in [-0.1, -0.05) is 23.5 Å². The van der Waals surface area contributed by atoms with Crippen molar-refractivity contribution < 1.29 is 4.79 Å². The highest BCUT2D eigenvalue weighted by molar-refractivity contribution is 7.16. The van der Waals surface area contributed by atoms with E-state index < -0.39 is 0 Å². The predicted molar refractivity (Wildman–Crippen MR) is 65.4 cm³/mol. The molecule has 5 heteroatoms. The molecule has 0 saturated heterocycles. The van der Waals surface area contributed by atoms with Crippen LogP contribution < -0.4 is 4.80 Å². The minimum absolute atomic E-state index is 0.234. The maximum Gasteiger partial charge on any atom is 0.345 e. The summed E-state index contributed by atoms with van der Waals surface area (Å²) in [5.41, 5.74) is 1.10. The number of hydrogen-bond acceptors (Lipinski definition) is 2. The van der Waals surface area contributed by atoms with Crippen LogP contribution in [0.5, 0.6) is 0 Å². The van der Waals surface area contributed by atoms with E-state index in [-0.39, 0.29) is 6.03 Å². The molecule has 2 aromatic rings. The number of carbonyl (C=O) groups is 1. The highest BCUT2D eigenvalue weighted by Crippen LogP contribution is 2.15. The molecule has 16 heavy (non-hydrogen) atoms. The van der Waals surface area contributed by atoms with Crippen LogP contribution in [0.15, 0.2) is 29.3 Å². The van der Waals surface area contributed by atoms with Gasteiger partial charge in [0.25, 0.3) is 0 Å². The third-order valence-electron chi connectivity index (χ3n) is 2.29. The van der Waals surface area contributed by atoms with Crippen LogP contribution in [0.25, 0.3) is 10.2 Å². The van der Waals surface area contributed by atoms with E-state index in [9.17, 15) is 4.79 Å². The summed E-state index contributed by atoms with van der Waals surface area (Å²) in [6.07, 6.45) is 0. The lowest BCUT2D eigenvalue weighted by Gasteiger charge is -2.03. The molecule has 0 aliphatic rings. The van der Waals surface area contributed by atoms with E-state index in [4.69, 9.17) is 0 Å². The van der Waals surface area contributed by atoms with E-state index in [1.807, 2.05) is 35.9 Å². The van der Waals surface area contributed by atoms with Gasteiger partial charge in [0.15, 0.2) is 4.80 Å². The van der Waals surface area contributed by atoms with Crippen molar-refractivity contribution in [3.05, 3.63) is 29.1 Å². The normalized spacial score (nSPS) is 12.1. The van der Waals surface area contributed by atoms with Crippen LogP contribution in [-0.2, 0) is 7.05 Å². The Morgan fingerprint density at radius 1 is 1.38 bits per heavy atom. The first-order valence-electron chi connectivity index (χ1n) is 4.90. The van der Waals surface area contributed by atoms with Crippen molar-refractivity contribution in [2.24, 2.45) is 12.0 Å². The van der Waals surface area contributed by atoms with Crippen LogP contribution >= 0.6 is 11.3 Å². The van der Waals surface area contributed by atoms with Gasteiger partial charge in [0.1, 0.15) is 0 Å². The van der Waals surface area contributed by atoms with E-state index in [0.717, 1.165) is 15.0 Å². The predicted octanol–water partition coefficient (Wildman–Crippen LogP) is 1.82. The van der Waals surface area contributed by atoms with Crippen molar-refractivity contribution >= 4 is 27.6 Å². The average molecular weight is 235 g/mol. The smallest absolute Gasteiger partial charge is 0.329 e. The van der Waals surface area contributed by atoms with Crippen molar-refractivity contribution in [1.29, 1.82) is 0 Å². The second-order valence-corrected chi connectivity index (χ2v) is 4.71. The molecular formula is C11H13N3OS. The van der Waals surface area contributed by atoms with Crippen molar-refractivity contribution in [2.75, 3.05) is 14.1 Å². The Labute approximate surface area is 97.5 Å². The quantitative estimate of drug-likeness (QED) is 0.686. The van der Waals surface area contributed by atoms with Crippen LogP contribution in [0.1, 0.15) is 0 Å². The molecule has 1 heterocycles. The summed E-state index contributed by atoms with van der Waals surface area (Å²) in [6.45, 7) is 0. The molecule has 0 bridgehead atoms. The summed E-state index contributed by atoms with van der Waals surface area (Å²) >= 11 is 1.52. The van der Waals surface area contributed by atoms with E-state index in [2.05, 4.69) is 4.99 Å². The van der Waals surface area contributed by atoms with Crippen LogP contribution in [0.4, 0.5) is 4.79 Å². The van der Waals surface area contributed by atoms with Crippen molar-refractivity contribution in [2.45, 2.75) is 0 Å². The molecule has 0 radical (unpaired) electrons. The maximum atomic E-state index is 11.5. The molecule has 4 nitrogen and oxygen atoms in total. The second-order valence-electron chi connectivity index (χ2n) is 3.70. The molecule has 0 aliphatic heterocycles. The summed E-state index contributed by atoms with van der Waals surface area (Å²) in [4.78, 5) is 17.7. The third-order valence-corrected chi connectivity index (χ3v) is 3.40. The molecule has 1 aromatic heterocycles. The lowest BCUT2D eigenvalue weighted by atomic mass is 10.3. The lowest BCUT2D eigenvalue weighted by Crippen LogP contribution is -2.22. The van der Waals surface area contributed by atoms with Gasteiger partial charge in [0.05, 0.1) is 10.2 Å². The number of amides is 2. The number of benzene rings is 1. The van der Waals surface area contributed by atoms with E-state index in [1.54, 1.807) is 14.1 Å². The Balaban J connectivity index is 2.62. The Kier molecular flexibility index (Phi) is 2.78. The number of rotatable bonds is 0. The number of para-hydroxylation sites is 1. The minimum atomic E-state index is -0.234. The first-order valence-corrected chi connectivity index (χ1v) is 5.72. The Hall–Kier alpha value is -1.62. The number of fused-ring (bicyclic) bond motifs is 1. The summed E-state index contributed by atoms with van der Waals surface area (Å²) in [7, 11) is 5.30. The van der Waals surface area contributed by atoms with Gasteiger partial charge < -0.3 is 9.47 Å². The standard InChI is InChI=1S/C11H13N3OS/c1-13(2)10(15)12-11-14(3)8-6-4-5-7-9(8)16-11/h4-7H,1-3H3/b12-11-. The van der Waals surface area contributed by atoms with Crippen molar-refractivity contribution in [1.82, 2.24) is 9.47 Å². The molecular weight excluding hydrogens is 222 g/mol. The van der Waals surface area contributed by atoms with Crippen molar-refractivity contribution in [3.8, 4) is 0 Å². The number of hydrogen-bond donors (Lipinski definition) is 0. The van der Waals surface area contributed by atoms with Gasteiger partial charge in [0, 0.05) is 21.1 Å². The zero-order valence-electron chi connectivity index (χ0n) is 9.47. The Bertz CT molecular complexity index is 595. The molecule has 0 N–H and O–H groups in total. The molecule has 0 spiro atoms. The van der Waals surface area contributed by atoms with Crippen LogP contribution in [0, 0.1) is 0 Å². The molecule has 0 atom stereocenters. The third kappa shape index (κ3) is 1.86. The number of aryl methyl sites for hydroxylation is 1. The van der Waals surface area contributed by atoms with Crippen LogP contribution in [0.2, 0.25) is 0 Å². The number of thiazole rings is 1. The van der Waals surface area contributed by atoms with E-state index >= 15 is 0 Å². The molecule has 1 aromatic carbocycles. The van der Waals surface area contributed by atoms with Gasteiger partial charge in [-0.25, -0.2) is 4.79 Å². The lowest BCUT2D eigenvalue weighted by molar-refractivity contribution is 0.226. The zero-order chi connectivity index (χ0) is 11.7. The first kappa shape index (κ1) is 10.9. The molecule has 0 fully saturated rings.